The van der Waals surface area contributed by atoms with Gasteiger partial charge in [0, 0.05) is 37.5 Å². The molecule has 2 saturated heterocycles. The summed E-state index contributed by atoms with van der Waals surface area (Å²) in [6, 6.07) is 9.21. The van der Waals surface area contributed by atoms with E-state index in [0.717, 1.165) is 24.3 Å². The summed E-state index contributed by atoms with van der Waals surface area (Å²) in [7, 11) is 3.10. The van der Waals surface area contributed by atoms with Gasteiger partial charge in [-0.3, -0.25) is 9.59 Å². The maximum atomic E-state index is 13.1. The molecule has 2 amide bonds. The fourth-order valence-electron chi connectivity index (χ4n) is 4.04. The summed E-state index contributed by atoms with van der Waals surface area (Å²) >= 11 is 0. The maximum absolute atomic E-state index is 13.1. The van der Waals surface area contributed by atoms with E-state index in [4.69, 9.17) is 14.2 Å². The number of carbonyl (C=O) groups excluding carboxylic acids is 2. The number of likely N-dealkylation sites (tertiary alicyclic amines) is 1. The van der Waals surface area contributed by atoms with E-state index >= 15 is 0 Å². The summed E-state index contributed by atoms with van der Waals surface area (Å²) in [5.41, 5.74) is 0.777. The number of benzene rings is 1. The lowest BCUT2D eigenvalue weighted by Gasteiger charge is -2.34. The molecule has 31 heavy (non-hydrogen) atoms. The summed E-state index contributed by atoms with van der Waals surface area (Å²) in [5.74, 6) is 0.753. The van der Waals surface area contributed by atoms with E-state index < -0.39 is 0 Å². The second kappa shape index (κ2) is 9.20. The van der Waals surface area contributed by atoms with Gasteiger partial charge in [-0.15, -0.1) is 0 Å². The smallest absolute Gasteiger partial charge is 0.319 e. The van der Waals surface area contributed by atoms with Crippen molar-refractivity contribution < 1.29 is 23.8 Å². The van der Waals surface area contributed by atoms with E-state index in [2.05, 4.69) is 9.97 Å². The number of hydrogen-bond donors (Lipinski definition) is 0. The zero-order valence-corrected chi connectivity index (χ0v) is 17.7. The molecular weight excluding hydrogens is 400 g/mol. The van der Waals surface area contributed by atoms with Crippen molar-refractivity contribution in [3.63, 3.8) is 0 Å². The molecule has 2 atom stereocenters. The van der Waals surface area contributed by atoms with Crippen LogP contribution >= 0.6 is 0 Å². The standard InChI is InChI=1S/C22H26N4O5/c1-29-17-7-5-16(6-8-17)26-13-15(12-20(26)27)21(28)25-11-3-4-18(14-25)31-19-9-10-23-22(24-19)30-2/h5-10,15,18H,3-4,11-14H2,1-2H3. The van der Waals surface area contributed by atoms with Gasteiger partial charge in [0.25, 0.3) is 0 Å². The first kappa shape index (κ1) is 20.9. The predicted molar refractivity (Wildman–Crippen MR) is 112 cm³/mol. The Morgan fingerprint density at radius 3 is 2.65 bits per heavy atom. The SMILES string of the molecule is COc1ccc(N2CC(C(=O)N3CCCC(Oc4ccnc(OC)n4)C3)CC2=O)cc1. The first-order valence-corrected chi connectivity index (χ1v) is 10.3. The predicted octanol–water partition coefficient (Wildman–Crippen LogP) is 1.92. The van der Waals surface area contributed by atoms with Crippen LogP contribution in [0.3, 0.4) is 0 Å². The number of anilines is 1. The van der Waals surface area contributed by atoms with Crippen LogP contribution in [0.2, 0.25) is 0 Å². The van der Waals surface area contributed by atoms with Crippen LogP contribution < -0.4 is 19.1 Å². The fourth-order valence-corrected chi connectivity index (χ4v) is 4.04. The van der Waals surface area contributed by atoms with Crippen molar-refractivity contribution in [3.8, 4) is 17.6 Å². The Hall–Kier alpha value is -3.36. The molecule has 0 bridgehead atoms. The molecule has 0 aliphatic carbocycles. The van der Waals surface area contributed by atoms with Crippen molar-refractivity contribution in [2.75, 3.05) is 38.8 Å². The van der Waals surface area contributed by atoms with Crippen LogP contribution in [0.15, 0.2) is 36.5 Å². The monoisotopic (exact) mass is 426 g/mol. The number of nitrogens with zero attached hydrogens (tertiary/aromatic N) is 4. The molecule has 164 valence electrons. The molecule has 1 aromatic carbocycles. The Morgan fingerprint density at radius 1 is 1.10 bits per heavy atom. The number of piperidine rings is 1. The maximum Gasteiger partial charge on any atom is 0.319 e. The summed E-state index contributed by atoms with van der Waals surface area (Å²) < 4.78 is 16.2. The molecule has 9 nitrogen and oxygen atoms in total. The lowest BCUT2D eigenvalue weighted by Crippen LogP contribution is -2.47. The molecule has 0 spiro atoms. The number of amides is 2. The van der Waals surface area contributed by atoms with E-state index in [1.165, 1.54) is 7.11 Å². The zero-order valence-electron chi connectivity index (χ0n) is 17.7. The Labute approximate surface area is 180 Å². The van der Waals surface area contributed by atoms with Gasteiger partial charge in [-0.2, -0.15) is 4.98 Å². The molecule has 2 aliphatic rings. The van der Waals surface area contributed by atoms with Crippen LogP contribution in [0.4, 0.5) is 5.69 Å². The first-order valence-electron chi connectivity index (χ1n) is 10.3. The lowest BCUT2D eigenvalue weighted by atomic mass is 10.0. The van der Waals surface area contributed by atoms with E-state index in [1.807, 2.05) is 29.2 Å². The quantitative estimate of drug-likeness (QED) is 0.696. The van der Waals surface area contributed by atoms with Crippen LogP contribution in [0.25, 0.3) is 0 Å². The number of aromatic nitrogens is 2. The summed E-state index contributed by atoms with van der Waals surface area (Å²) in [4.78, 5) is 37.3. The van der Waals surface area contributed by atoms with Crippen molar-refractivity contribution in [3.05, 3.63) is 36.5 Å². The van der Waals surface area contributed by atoms with Crippen LogP contribution in [0.1, 0.15) is 19.3 Å². The summed E-state index contributed by atoms with van der Waals surface area (Å²) in [6.45, 7) is 1.52. The molecule has 0 saturated carbocycles. The first-order chi connectivity index (χ1) is 15.1. The molecule has 2 fully saturated rings. The van der Waals surface area contributed by atoms with Crippen LogP contribution in [-0.2, 0) is 9.59 Å². The van der Waals surface area contributed by atoms with Crippen LogP contribution in [0, 0.1) is 5.92 Å². The highest BCUT2D eigenvalue weighted by atomic mass is 16.5. The second-order valence-electron chi connectivity index (χ2n) is 7.65. The highest BCUT2D eigenvalue weighted by molar-refractivity contribution is 6.00. The third kappa shape index (κ3) is 4.70. The van der Waals surface area contributed by atoms with Crippen molar-refractivity contribution >= 4 is 17.5 Å². The van der Waals surface area contributed by atoms with Crippen LogP contribution in [0.5, 0.6) is 17.6 Å². The zero-order chi connectivity index (χ0) is 21.8. The molecule has 9 heteroatoms. The Kier molecular flexibility index (Phi) is 6.20. The topological polar surface area (TPSA) is 94.1 Å². The van der Waals surface area contributed by atoms with Crippen molar-refractivity contribution in [2.24, 2.45) is 5.92 Å². The molecule has 3 heterocycles. The average Bonchev–Trinajstić information content (AvgIpc) is 3.20. The minimum absolute atomic E-state index is 0.00192. The molecule has 0 N–H and O–H groups in total. The fraction of sp³-hybridized carbons (Fsp3) is 0.455. The minimum atomic E-state index is -0.354. The van der Waals surface area contributed by atoms with Gasteiger partial charge in [0.1, 0.15) is 11.9 Å². The Balaban J connectivity index is 1.37. The van der Waals surface area contributed by atoms with E-state index in [1.54, 1.807) is 24.3 Å². The molecule has 0 radical (unpaired) electrons. The largest absolute Gasteiger partial charge is 0.497 e. The molecule has 2 aliphatic heterocycles. The number of methoxy groups -OCH3 is 2. The van der Waals surface area contributed by atoms with Crippen molar-refractivity contribution in [1.29, 1.82) is 0 Å². The number of rotatable bonds is 6. The van der Waals surface area contributed by atoms with Gasteiger partial charge < -0.3 is 24.0 Å². The molecule has 2 aromatic rings. The van der Waals surface area contributed by atoms with Crippen molar-refractivity contribution in [1.82, 2.24) is 14.9 Å². The number of ether oxygens (including phenoxy) is 3. The normalized spacial score (nSPS) is 21.2. The highest BCUT2D eigenvalue weighted by Gasteiger charge is 2.38. The average molecular weight is 426 g/mol. The molecule has 2 unspecified atom stereocenters. The molecule has 4 rings (SSSR count). The van der Waals surface area contributed by atoms with Gasteiger partial charge in [-0.1, -0.05) is 0 Å². The third-order valence-corrected chi connectivity index (χ3v) is 5.63. The van der Waals surface area contributed by atoms with Crippen molar-refractivity contribution in [2.45, 2.75) is 25.4 Å². The molecule has 1 aromatic heterocycles. The van der Waals surface area contributed by atoms with Gasteiger partial charge in [0.05, 0.1) is 26.7 Å². The minimum Gasteiger partial charge on any atom is -0.497 e. The van der Waals surface area contributed by atoms with Gasteiger partial charge >= 0.3 is 6.01 Å². The summed E-state index contributed by atoms with van der Waals surface area (Å²) in [6.07, 6.45) is 3.30. The second-order valence-corrected chi connectivity index (χ2v) is 7.65. The Morgan fingerprint density at radius 2 is 1.90 bits per heavy atom. The molecular formula is C22H26N4O5. The van der Waals surface area contributed by atoms with Gasteiger partial charge in [0.15, 0.2) is 0 Å². The third-order valence-electron chi connectivity index (χ3n) is 5.63. The van der Waals surface area contributed by atoms with Gasteiger partial charge in [-0.25, -0.2) is 4.98 Å². The number of carbonyl (C=O) groups is 2. The number of hydrogen-bond acceptors (Lipinski definition) is 7. The van der Waals surface area contributed by atoms with Gasteiger partial charge in [-0.05, 0) is 37.1 Å². The van der Waals surface area contributed by atoms with E-state index in [-0.39, 0.29) is 36.3 Å². The van der Waals surface area contributed by atoms with Crippen LogP contribution in [-0.4, -0.2) is 66.6 Å². The van der Waals surface area contributed by atoms with E-state index in [0.29, 0.717) is 25.5 Å². The van der Waals surface area contributed by atoms with E-state index in [9.17, 15) is 9.59 Å². The Bertz CT molecular complexity index is 936. The lowest BCUT2D eigenvalue weighted by molar-refractivity contribution is -0.138. The highest BCUT2D eigenvalue weighted by Crippen LogP contribution is 2.29. The van der Waals surface area contributed by atoms with Gasteiger partial charge in [0.2, 0.25) is 17.7 Å². The summed E-state index contributed by atoms with van der Waals surface area (Å²) in [5, 5.41) is 0.